The molecule has 0 aliphatic carbocycles. The second-order valence-corrected chi connectivity index (χ2v) is 2.60. The Morgan fingerprint density at radius 3 is 2.73 bits per heavy atom. The van der Waals surface area contributed by atoms with Crippen LogP contribution in [0, 0.1) is 28.5 Å². The van der Waals surface area contributed by atoms with Crippen LogP contribution in [0.1, 0.15) is 6.42 Å². The molecule has 0 atom stereocenters. The van der Waals surface area contributed by atoms with Crippen LogP contribution >= 0.6 is 0 Å². The lowest BCUT2D eigenvalue weighted by molar-refractivity contribution is 0.630. The summed E-state index contributed by atoms with van der Waals surface area (Å²) in [7, 11) is 0. The van der Waals surface area contributed by atoms with E-state index in [1.54, 1.807) is 24.3 Å². The fourth-order valence-electron chi connectivity index (χ4n) is 0.859. The molecule has 4 nitrogen and oxygen atoms in total. The maximum Gasteiger partial charge on any atom is 0.151 e. The fraction of sp³-hybridized carbons (Fsp3) is 0.100. The molecule has 1 aromatic rings. The first-order valence-corrected chi connectivity index (χ1v) is 4.12. The molecule has 0 saturated carbocycles. The van der Waals surface area contributed by atoms with Gasteiger partial charge in [0.25, 0.3) is 0 Å². The van der Waals surface area contributed by atoms with Crippen molar-refractivity contribution in [3.63, 3.8) is 0 Å². The van der Waals surface area contributed by atoms with Gasteiger partial charge in [-0.1, -0.05) is 12.1 Å². The lowest BCUT2D eigenvalue weighted by Gasteiger charge is -2.00. The van der Waals surface area contributed by atoms with E-state index in [4.69, 9.17) is 10.5 Å². The highest BCUT2D eigenvalue weighted by molar-refractivity contribution is 6.00. The van der Waals surface area contributed by atoms with Crippen LogP contribution in [-0.4, -0.2) is 5.71 Å². The van der Waals surface area contributed by atoms with Gasteiger partial charge in [-0.25, -0.2) is 4.39 Å². The molecule has 0 aromatic heterocycles. The first-order valence-electron chi connectivity index (χ1n) is 4.12. The number of hydrogen-bond donors (Lipinski definition) is 1. The number of nitriles is 2. The number of benzene rings is 1. The van der Waals surface area contributed by atoms with Gasteiger partial charge >= 0.3 is 0 Å². The molecular formula is C10H7FN4. The molecule has 5 heteroatoms. The topological polar surface area (TPSA) is 72.0 Å². The normalized spacial score (nSPS) is 10.2. The molecule has 1 rings (SSSR count). The Labute approximate surface area is 86.3 Å². The van der Waals surface area contributed by atoms with Crippen molar-refractivity contribution in [1.29, 1.82) is 10.5 Å². The highest BCUT2D eigenvalue weighted by Crippen LogP contribution is 2.11. The first-order chi connectivity index (χ1) is 7.27. The summed E-state index contributed by atoms with van der Waals surface area (Å²) >= 11 is 0. The molecule has 0 aliphatic heterocycles. The van der Waals surface area contributed by atoms with E-state index in [0.717, 1.165) is 0 Å². The molecule has 0 amide bonds. The molecule has 0 spiro atoms. The van der Waals surface area contributed by atoms with E-state index >= 15 is 0 Å². The van der Waals surface area contributed by atoms with Crippen LogP contribution < -0.4 is 5.43 Å². The van der Waals surface area contributed by atoms with Crippen molar-refractivity contribution >= 4 is 11.4 Å². The first kappa shape index (κ1) is 10.7. The summed E-state index contributed by atoms with van der Waals surface area (Å²) < 4.78 is 13.1. The van der Waals surface area contributed by atoms with Crippen molar-refractivity contribution in [2.24, 2.45) is 5.10 Å². The van der Waals surface area contributed by atoms with Crippen LogP contribution in [0.3, 0.4) is 0 Å². The predicted octanol–water partition coefficient (Wildman–Crippen LogP) is 2.03. The smallest absolute Gasteiger partial charge is 0.151 e. The Balaban J connectivity index is 2.76. The molecule has 0 bridgehead atoms. The maximum atomic E-state index is 13.1. The van der Waals surface area contributed by atoms with Crippen molar-refractivity contribution in [2.75, 3.05) is 5.43 Å². The number of hydrazone groups is 1. The molecule has 1 aromatic carbocycles. The zero-order valence-corrected chi connectivity index (χ0v) is 7.74. The van der Waals surface area contributed by atoms with Gasteiger partial charge in [0.2, 0.25) is 0 Å². The van der Waals surface area contributed by atoms with Gasteiger partial charge in [-0.2, -0.15) is 15.6 Å². The zero-order valence-electron chi connectivity index (χ0n) is 7.74. The lowest BCUT2D eigenvalue weighted by atomic mass is 10.3. The van der Waals surface area contributed by atoms with Gasteiger partial charge in [-0.3, -0.25) is 5.43 Å². The molecule has 1 N–H and O–H groups in total. The average Bonchev–Trinajstić information content (AvgIpc) is 2.26. The summed E-state index contributed by atoms with van der Waals surface area (Å²) in [5, 5.41) is 20.5. The minimum Gasteiger partial charge on any atom is -0.275 e. The molecule has 0 fully saturated rings. The Morgan fingerprint density at radius 1 is 1.40 bits per heavy atom. The van der Waals surface area contributed by atoms with Crippen molar-refractivity contribution in [3.8, 4) is 12.1 Å². The molecular weight excluding hydrogens is 195 g/mol. The molecule has 0 aliphatic rings. The number of rotatable bonds is 3. The van der Waals surface area contributed by atoms with Crippen molar-refractivity contribution in [3.05, 3.63) is 30.1 Å². The van der Waals surface area contributed by atoms with Gasteiger partial charge in [0.05, 0.1) is 18.2 Å². The quantitative estimate of drug-likeness (QED) is 0.602. The molecule has 0 unspecified atom stereocenters. The van der Waals surface area contributed by atoms with Crippen molar-refractivity contribution < 1.29 is 4.39 Å². The third kappa shape index (κ3) is 3.09. The van der Waals surface area contributed by atoms with Crippen molar-refractivity contribution in [1.82, 2.24) is 0 Å². The van der Waals surface area contributed by atoms with Crippen LogP contribution in [0.15, 0.2) is 29.4 Å². The van der Waals surface area contributed by atoms with Crippen LogP contribution in [0.2, 0.25) is 0 Å². The third-order valence-electron chi connectivity index (χ3n) is 1.56. The highest BCUT2D eigenvalue weighted by Gasteiger charge is 1.99. The van der Waals surface area contributed by atoms with E-state index in [1.807, 2.05) is 0 Å². The van der Waals surface area contributed by atoms with Gasteiger partial charge in [-0.15, -0.1) is 0 Å². The molecule has 0 radical (unpaired) electrons. The summed E-state index contributed by atoms with van der Waals surface area (Å²) in [6.07, 6.45) is -0.0993. The summed E-state index contributed by atoms with van der Waals surface area (Å²) in [6, 6.07) is 9.46. The molecule has 0 heterocycles. The Bertz CT molecular complexity index is 453. The summed E-state index contributed by atoms with van der Waals surface area (Å²) in [6.45, 7) is 0. The van der Waals surface area contributed by atoms with E-state index in [9.17, 15) is 4.39 Å². The Hall–Kier alpha value is -2.40. The number of halogens is 1. The monoisotopic (exact) mass is 202 g/mol. The van der Waals surface area contributed by atoms with Gasteiger partial charge in [0.1, 0.15) is 11.9 Å². The number of hydrogen-bond acceptors (Lipinski definition) is 4. The maximum absolute atomic E-state index is 13.1. The predicted molar refractivity (Wildman–Crippen MR) is 53.3 cm³/mol. The lowest BCUT2D eigenvalue weighted by Crippen LogP contribution is -1.99. The van der Waals surface area contributed by atoms with E-state index in [1.165, 1.54) is 12.1 Å². The van der Waals surface area contributed by atoms with E-state index in [2.05, 4.69) is 10.5 Å². The van der Waals surface area contributed by atoms with E-state index < -0.39 is 5.82 Å². The number of nitrogens with one attached hydrogen (secondary N) is 1. The number of nitrogens with zero attached hydrogens (tertiary/aromatic N) is 3. The third-order valence-corrected chi connectivity index (χ3v) is 1.56. The van der Waals surface area contributed by atoms with Gasteiger partial charge in [0, 0.05) is 0 Å². The van der Waals surface area contributed by atoms with Gasteiger partial charge in [0.15, 0.2) is 5.71 Å². The second-order valence-electron chi connectivity index (χ2n) is 2.60. The van der Waals surface area contributed by atoms with Crippen molar-refractivity contribution in [2.45, 2.75) is 6.42 Å². The SMILES string of the molecule is N#CC/C(C#N)=N/Nc1ccccc1F. The largest absolute Gasteiger partial charge is 0.275 e. The standard InChI is InChI=1S/C10H7FN4/c11-9-3-1-2-4-10(9)15-14-8(7-13)5-6-12/h1-4,15H,5H2/b14-8-. The summed E-state index contributed by atoms with van der Waals surface area (Å²) in [4.78, 5) is 0. The summed E-state index contributed by atoms with van der Waals surface area (Å²) in [5.74, 6) is -0.463. The average molecular weight is 202 g/mol. The zero-order chi connectivity index (χ0) is 11.1. The molecule has 0 saturated heterocycles. The molecule has 15 heavy (non-hydrogen) atoms. The highest BCUT2D eigenvalue weighted by atomic mass is 19.1. The van der Waals surface area contributed by atoms with Crippen LogP contribution in [0.4, 0.5) is 10.1 Å². The minimum atomic E-state index is -0.463. The van der Waals surface area contributed by atoms with Gasteiger partial charge < -0.3 is 0 Å². The number of anilines is 1. The Morgan fingerprint density at radius 2 is 2.13 bits per heavy atom. The van der Waals surface area contributed by atoms with Crippen LogP contribution in [0.5, 0.6) is 0 Å². The fourth-order valence-corrected chi connectivity index (χ4v) is 0.859. The van der Waals surface area contributed by atoms with E-state index in [0.29, 0.717) is 0 Å². The minimum absolute atomic E-state index is 0.0146. The van der Waals surface area contributed by atoms with Gasteiger partial charge in [-0.05, 0) is 12.1 Å². The molecule has 74 valence electrons. The second kappa shape index (κ2) is 5.36. The Kier molecular flexibility index (Phi) is 3.81. The van der Waals surface area contributed by atoms with Crippen LogP contribution in [0.25, 0.3) is 0 Å². The van der Waals surface area contributed by atoms with E-state index in [-0.39, 0.29) is 17.8 Å². The number of para-hydroxylation sites is 1. The van der Waals surface area contributed by atoms with Crippen LogP contribution in [-0.2, 0) is 0 Å². The summed E-state index contributed by atoms with van der Waals surface area (Å²) in [5.41, 5.74) is 2.57.